The van der Waals surface area contributed by atoms with Gasteiger partial charge in [-0.05, 0) is 36.8 Å². The minimum absolute atomic E-state index is 0.0341. The molecule has 2 heterocycles. The number of aliphatic hydroxyl groups excluding tert-OH is 2. The molecule has 0 aliphatic carbocycles. The highest BCUT2D eigenvalue weighted by molar-refractivity contribution is 7.81. The Morgan fingerprint density at radius 3 is 2.74 bits per heavy atom. The van der Waals surface area contributed by atoms with Gasteiger partial charge in [0.1, 0.15) is 36.1 Å². The van der Waals surface area contributed by atoms with Crippen molar-refractivity contribution >= 4 is 18.7 Å². The number of carbonyl (C=O) groups is 1. The first kappa shape index (κ1) is 24.6. The van der Waals surface area contributed by atoms with Gasteiger partial charge in [0.2, 0.25) is 4.93 Å². The third-order valence-corrected chi connectivity index (χ3v) is 5.74. The lowest BCUT2D eigenvalue weighted by Gasteiger charge is -2.20. The summed E-state index contributed by atoms with van der Waals surface area (Å²) in [7, 11) is 0. The molecule has 0 spiro atoms. The van der Waals surface area contributed by atoms with Gasteiger partial charge in [-0.15, -0.1) is 12.6 Å². The number of amides is 1. The summed E-state index contributed by atoms with van der Waals surface area (Å²) in [6, 6.07) is 11.0. The summed E-state index contributed by atoms with van der Waals surface area (Å²) in [6.45, 7) is 1.51. The summed E-state index contributed by atoms with van der Waals surface area (Å²) in [5, 5.41) is 22.1. The molecule has 0 radical (unpaired) electrons. The van der Waals surface area contributed by atoms with Crippen LogP contribution in [0.5, 0.6) is 5.75 Å². The molecule has 0 bridgehead atoms. The van der Waals surface area contributed by atoms with Crippen LogP contribution in [0.2, 0.25) is 0 Å². The number of carbonyl (C=O) groups excluding carboxylic acids is 1. The first-order chi connectivity index (χ1) is 16.8. The molecule has 1 aromatic heterocycles. The minimum Gasteiger partial charge on any atom is -0.488 e. The van der Waals surface area contributed by atoms with Crippen LogP contribution in [0.25, 0.3) is 11.1 Å². The van der Waals surface area contributed by atoms with Gasteiger partial charge in [-0.3, -0.25) is 0 Å². The number of thiol groups is 1. The number of hydrogen-bond acceptors (Lipinski definition) is 7. The molecule has 3 N–H and O–H groups in total. The number of nitrogens with one attached hydrogen (secondary N) is 1. The first-order valence-corrected chi connectivity index (χ1v) is 11.3. The van der Waals surface area contributed by atoms with Crippen LogP contribution in [0.4, 0.5) is 9.18 Å². The molecule has 3 aromatic rings. The molecular weight excluding hydrogens is 473 g/mol. The lowest BCUT2D eigenvalue weighted by Crippen LogP contribution is -2.33. The fraction of sp³-hybridized carbons (Fsp3) is 0.280. The van der Waals surface area contributed by atoms with Gasteiger partial charge in [0.05, 0.1) is 13.2 Å². The molecule has 4 rings (SSSR count). The fourth-order valence-corrected chi connectivity index (χ4v) is 3.79. The van der Waals surface area contributed by atoms with Gasteiger partial charge >= 0.3 is 6.09 Å². The first-order valence-electron chi connectivity index (χ1n) is 10.8. The zero-order chi connectivity index (χ0) is 25.0. The summed E-state index contributed by atoms with van der Waals surface area (Å²) >= 11 is 4.29. The van der Waals surface area contributed by atoms with E-state index in [2.05, 4.69) is 34.8 Å². The molecule has 1 amide bonds. The zero-order valence-electron chi connectivity index (χ0n) is 18.8. The van der Waals surface area contributed by atoms with E-state index in [4.69, 9.17) is 9.47 Å². The number of aromatic nitrogens is 2. The van der Waals surface area contributed by atoms with Crippen molar-refractivity contribution in [3.05, 3.63) is 72.1 Å². The highest BCUT2D eigenvalue weighted by Gasteiger charge is 2.37. The number of imidazole rings is 1. The second-order valence-electron chi connectivity index (χ2n) is 8.03. The van der Waals surface area contributed by atoms with E-state index in [0.29, 0.717) is 22.5 Å². The van der Waals surface area contributed by atoms with Gasteiger partial charge in [-0.25, -0.2) is 14.2 Å². The van der Waals surface area contributed by atoms with Gasteiger partial charge in [0, 0.05) is 29.6 Å². The van der Waals surface area contributed by atoms with Crippen molar-refractivity contribution in [2.24, 2.45) is 0 Å². The number of cyclic esters (lactones) is 1. The standard InChI is InChI=1S/C25H24FN3O5S/c1-16(31)23-27-10-11-29(23)19(13-30)7-4-17-2-5-18(6-3-17)21-9-8-20(12-22(21)26)33-15-25(35)14-28-24(32)34-25/h2-3,5-6,8-12,16,19,30-31,35H,13-15H2,1H3,(H,28,32)/t16-,19-,25+/m0/s1. The number of benzene rings is 2. The van der Waals surface area contributed by atoms with Gasteiger partial charge < -0.3 is 29.6 Å². The topological polar surface area (TPSA) is 106 Å². The number of aliphatic hydroxyl groups is 2. The van der Waals surface area contributed by atoms with Crippen molar-refractivity contribution in [3.63, 3.8) is 0 Å². The maximum atomic E-state index is 14.8. The summed E-state index contributed by atoms with van der Waals surface area (Å²) in [5.41, 5.74) is 1.73. The Bertz CT molecular complexity index is 1270. The number of alkyl carbamates (subject to hydrolysis) is 1. The van der Waals surface area contributed by atoms with Gasteiger partial charge in [0.15, 0.2) is 0 Å². The van der Waals surface area contributed by atoms with Crippen LogP contribution in [0, 0.1) is 17.7 Å². The smallest absolute Gasteiger partial charge is 0.408 e. The second-order valence-corrected chi connectivity index (χ2v) is 8.85. The summed E-state index contributed by atoms with van der Waals surface area (Å²) in [5.74, 6) is 6.22. The van der Waals surface area contributed by atoms with E-state index in [0.717, 1.165) is 0 Å². The largest absolute Gasteiger partial charge is 0.488 e. The summed E-state index contributed by atoms with van der Waals surface area (Å²) in [6.07, 6.45) is 1.84. The molecule has 182 valence electrons. The predicted molar refractivity (Wildman–Crippen MR) is 129 cm³/mol. The average molecular weight is 498 g/mol. The van der Waals surface area contributed by atoms with Gasteiger partial charge in [-0.1, -0.05) is 24.0 Å². The molecule has 8 nitrogen and oxygen atoms in total. The monoisotopic (exact) mass is 497 g/mol. The van der Waals surface area contributed by atoms with E-state index in [1.807, 2.05) is 0 Å². The Labute approximate surface area is 207 Å². The molecular formula is C25H24FN3O5S. The SMILES string of the molecule is C[C@H](O)c1nccn1[C@@H](C#Cc1ccc(-c2ccc(OC[C@]3(S)CNC(=O)O3)cc2F)cc1)CO. The van der Waals surface area contributed by atoms with Crippen LogP contribution in [-0.2, 0) is 4.74 Å². The van der Waals surface area contributed by atoms with E-state index >= 15 is 0 Å². The predicted octanol–water partition coefficient (Wildman–Crippen LogP) is 3.07. The lowest BCUT2D eigenvalue weighted by atomic mass is 10.0. The molecule has 0 unspecified atom stereocenters. The number of hydrogen-bond donors (Lipinski definition) is 4. The second kappa shape index (κ2) is 10.4. The van der Waals surface area contributed by atoms with Crippen molar-refractivity contribution in [2.75, 3.05) is 19.8 Å². The van der Waals surface area contributed by atoms with E-state index in [1.54, 1.807) is 60.3 Å². The molecule has 10 heteroatoms. The Balaban J connectivity index is 1.44. The quantitative estimate of drug-likeness (QED) is 0.295. The van der Waals surface area contributed by atoms with Crippen molar-refractivity contribution in [3.8, 4) is 28.7 Å². The molecule has 1 aliphatic rings. The van der Waals surface area contributed by atoms with Crippen molar-refractivity contribution in [1.82, 2.24) is 14.9 Å². The molecule has 1 aliphatic heterocycles. The summed E-state index contributed by atoms with van der Waals surface area (Å²) < 4.78 is 27.0. The maximum Gasteiger partial charge on any atom is 0.408 e. The fourth-order valence-electron chi connectivity index (χ4n) is 3.57. The van der Waals surface area contributed by atoms with E-state index in [9.17, 15) is 19.4 Å². The van der Waals surface area contributed by atoms with Crippen LogP contribution >= 0.6 is 12.6 Å². The van der Waals surface area contributed by atoms with Crippen LogP contribution in [-0.4, -0.2) is 50.5 Å². The Hall–Kier alpha value is -3.52. The Kier molecular flexibility index (Phi) is 7.31. The normalized spacial score (nSPS) is 18.7. The highest BCUT2D eigenvalue weighted by Crippen LogP contribution is 2.28. The van der Waals surface area contributed by atoms with E-state index < -0.39 is 29.0 Å². The van der Waals surface area contributed by atoms with Crippen molar-refractivity contribution in [2.45, 2.75) is 24.0 Å². The zero-order valence-corrected chi connectivity index (χ0v) is 19.7. The van der Waals surface area contributed by atoms with Crippen LogP contribution in [0.1, 0.15) is 30.5 Å². The van der Waals surface area contributed by atoms with E-state index in [1.165, 1.54) is 6.07 Å². The molecule has 2 aromatic carbocycles. The van der Waals surface area contributed by atoms with E-state index in [-0.39, 0.29) is 25.5 Å². The average Bonchev–Trinajstić information content (AvgIpc) is 3.46. The molecule has 0 saturated carbocycles. The van der Waals surface area contributed by atoms with Gasteiger partial charge in [0.25, 0.3) is 0 Å². The molecule has 35 heavy (non-hydrogen) atoms. The number of nitrogens with zero attached hydrogens (tertiary/aromatic N) is 2. The molecule has 1 fully saturated rings. The number of ether oxygens (including phenoxy) is 2. The van der Waals surface area contributed by atoms with Gasteiger partial charge in [-0.2, -0.15) is 0 Å². The van der Waals surface area contributed by atoms with Crippen LogP contribution in [0.3, 0.4) is 0 Å². The third-order valence-electron chi connectivity index (χ3n) is 5.36. The molecule has 1 saturated heterocycles. The third kappa shape index (κ3) is 5.77. The Morgan fingerprint density at radius 1 is 1.34 bits per heavy atom. The maximum absolute atomic E-state index is 14.8. The minimum atomic E-state index is -1.10. The van der Waals surface area contributed by atoms with Crippen molar-refractivity contribution in [1.29, 1.82) is 0 Å². The number of halogens is 1. The van der Waals surface area contributed by atoms with Crippen LogP contribution in [0.15, 0.2) is 54.9 Å². The Morgan fingerprint density at radius 2 is 2.11 bits per heavy atom. The van der Waals surface area contributed by atoms with Crippen LogP contribution < -0.4 is 10.1 Å². The lowest BCUT2D eigenvalue weighted by molar-refractivity contribution is 0.0838. The number of rotatable bonds is 7. The van der Waals surface area contributed by atoms with Crippen molar-refractivity contribution < 1.29 is 28.9 Å². The summed E-state index contributed by atoms with van der Waals surface area (Å²) in [4.78, 5) is 14.2. The highest BCUT2D eigenvalue weighted by atomic mass is 32.1. The molecule has 3 atom stereocenters.